The molecule has 2 aromatic rings. The molecule has 8 nitrogen and oxygen atoms in total. The summed E-state index contributed by atoms with van der Waals surface area (Å²) >= 11 is 0. The van der Waals surface area contributed by atoms with Gasteiger partial charge in [0.2, 0.25) is 0 Å². The summed E-state index contributed by atoms with van der Waals surface area (Å²) < 4.78 is 10.2. The van der Waals surface area contributed by atoms with E-state index in [0.717, 1.165) is 48.6 Å². The molecule has 0 aromatic heterocycles. The molecule has 0 unspecified atom stereocenters. The van der Waals surface area contributed by atoms with Crippen LogP contribution in [0.4, 0.5) is 21.0 Å². The first-order chi connectivity index (χ1) is 15.6. The van der Waals surface area contributed by atoms with Crippen LogP contribution in [0.15, 0.2) is 48.5 Å². The molecule has 4 N–H and O–H groups in total. The van der Waals surface area contributed by atoms with Crippen molar-refractivity contribution in [2.24, 2.45) is 11.8 Å². The van der Waals surface area contributed by atoms with Crippen LogP contribution in [-0.2, 0) is 0 Å². The van der Waals surface area contributed by atoms with Gasteiger partial charge in [0.15, 0.2) is 0 Å². The fourth-order valence-corrected chi connectivity index (χ4v) is 3.95. The molecule has 2 aromatic carbocycles. The number of methoxy groups -OCH3 is 2. The van der Waals surface area contributed by atoms with E-state index < -0.39 is 0 Å². The lowest BCUT2D eigenvalue weighted by Crippen LogP contribution is -2.38. The molecule has 32 heavy (non-hydrogen) atoms. The Morgan fingerprint density at radius 3 is 1.53 bits per heavy atom. The summed E-state index contributed by atoms with van der Waals surface area (Å²) in [6.45, 7) is 1.24. The molecule has 8 heteroatoms. The van der Waals surface area contributed by atoms with Crippen molar-refractivity contribution in [2.45, 2.75) is 25.7 Å². The van der Waals surface area contributed by atoms with Gasteiger partial charge >= 0.3 is 12.1 Å². The average molecular weight is 441 g/mol. The fraction of sp³-hybridized carbons (Fsp3) is 0.417. The first-order valence-electron chi connectivity index (χ1n) is 10.9. The molecule has 0 bridgehead atoms. The highest BCUT2D eigenvalue weighted by Gasteiger charge is 2.23. The Kier molecular flexibility index (Phi) is 8.60. The average Bonchev–Trinajstić information content (AvgIpc) is 2.83. The molecule has 0 aliphatic heterocycles. The summed E-state index contributed by atoms with van der Waals surface area (Å²) in [4.78, 5) is 24.4. The van der Waals surface area contributed by atoms with E-state index in [1.165, 1.54) is 0 Å². The third-order valence-corrected chi connectivity index (χ3v) is 5.69. The number of anilines is 2. The maximum atomic E-state index is 12.2. The van der Waals surface area contributed by atoms with Gasteiger partial charge < -0.3 is 30.7 Å². The van der Waals surface area contributed by atoms with Gasteiger partial charge in [-0.05, 0) is 79.6 Å². The second-order valence-electron chi connectivity index (χ2n) is 8.03. The van der Waals surface area contributed by atoms with Crippen molar-refractivity contribution in [1.29, 1.82) is 0 Å². The van der Waals surface area contributed by atoms with Crippen molar-refractivity contribution in [3.05, 3.63) is 48.5 Å². The van der Waals surface area contributed by atoms with E-state index in [1.54, 1.807) is 62.8 Å². The van der Waals surface area contributed by atoms with E-state index in [-0.39, 0.29) is 12.1 Å². The fourth-order valence-electron chi connectivity index (χ4n) is 3.95. The van der Waals surface area contributed by atoms with Gasteiger partial charge in [0.1, 0.15) is 11.5 Å². The van der Waals surface area contributed by atoms with Crippen LogP contribution in [0.5, 0.6) is 11.5 Å². The van der Waals surface area contributed by atoms with Crippen LogP contribution in [0, 0.1) is 11.8 Å². The van der Waals surface area contributed by atoms with Gasteiger partial charge in [-0.15, -0.1) is 0 Å². The van der Waals surface area contributed by atoms with Crippen molar-refractivity contribution in [3.63, 3.8) is 0 Å². The van der Waals surface area contributed by atoms with E-state index in [9.17, 15) is 9.59 Å². The zero-order chi connectivity index (χ0) is 22.8. The number of carbonyl (C=O) groups is 2. The van der Waals surface area contributed by atoms with Crippen molar-refractivity contribution >= 4 is 23.4 Å². The standard InChI is InChI=1S/C24H32N4O4/c1-31-21-10-6-19(7-11-21)27-23(29)25-15-17-4-3-5-18(14-17)16-26-24(30)28-20-8-12-22(32-2)13-9-20/h6-13,17-18H,3-5,14-16H2,1-2H3,(H2,25,27,29)(H2,26,28,30)/t17-,18-/m1/s1. The van der Waals surface area contributed by atoms with Gasteiger partial charge in [0, 0.05) is 24.5 Å². The van der Waals surface area contributed by atoms with Crippen molar-refractivity contribution in [1.82, 2.24) is 10.6 Å². The lowest BCUT2D eigenvalue weighted by Gasteiger charge is -2.29. The molecule has 1 saturated carbocycles. The van der Waals surface area contributed by atoms with Crippen LogP contribution in [0.1, 0.15) is 25.7 Å². The van der Waals surface area contributed by atoms with Crippen molar-refractivity contribution < 1.29 is 19.1 Å². The van der Waals surface area contributed by atoms with Crippen LogP contribution >= 0.6 is 0 Å². The quantitative estimate of drug-likeness (QED) is 0.487. The molecule has 1 aliphatic carbocycles. The van der Waals surface area contributed by atoms with E-state index in [1.807, 2.05) is 0 Å². The molecular weight excluding hydrogens is 408 g/mol. The zero-order valence-electron chi connectivity index (χ0n) is 18.6. The number of hydrogen-bond acceptors (Lipinski definition) is 4. The second kappa shape index (κ2) is 11.8. The topological polar surface area (TPSA) is 101 Å². The van der Waals surface area contributed by atoms with E-state index in [0.29, 0.717) is 24.9 Å². The highest BCUT2D eigenvalue weighted by Crippen LogP contribution is 2.28. The molecular formula is C24H32N4O4. The Morgan fingerprint density at radius 2 is 1.16 bits per heavy atom. The van der Waals surface area contributed by atoms with Gasteiger partial charge in [0.25, 0.3) is 0 Å². The second-order valence-corrected chi connectivity index (χ2v) is 8.03. The summed E-state index contributed by atoms with van der Waals surface area (Å²) in [6.07, 6.45) is 4.24. The smallest absolute Gasteiger partial charge is 0.319 e. The minimum absolute atomic E-state index is 0.214. The summed E-state index contributed by atoms with van der Waals surface area (Å²) in [7, 11) is 3.21. The lowest BCUT2D eigenvalue weighted by atomic mass is 9.81. The number of benzene rings is 2. The Morgan fingerprint density at radius 1 is 0.750 bits per heavy atom. The third-order valence-electron chi connectivity index (χ3n) is 5.69. The first-order valence-corrected chi connectivity index (χ1v) is 10.9. The molecule has 4 amide bonds. The molecule has 3 rings (SSSR count). The Hall–Kier alpha value is -3.42. The summed E-state index contributed by atoms with van der Waals surface area (Å²) in [6, 6.07) is 14.0. The Bertz CT molecular complexity index is 799. The number of carbonyl (C=O) groups excluding carboxylic acids is 2. The minimum atomic E-state index is -0.214. The number of nitrogens with one attached hydrogen (secondary N) is 4. The largest absolute Gasteiger partial charge is 0.497 e. The van der Waals surface area contributed by atoms with Gasteiger partial charge in [-0.2, -0.15) is 0 Å². The van der Waals surface area contributed by atoms with Gasteiger partial charge in [-0.3, -0.25) is 0 Å². The van der Waals surface area contributed by atoms with Crippen LogP contribution in [0.25, 0.3) is 0 Å². The predicted molar refractivity (Wildman–Crippen MR) is 125 cm³/mol. The maximum absolute atomic E-state index is 12.2. The van der Waals surface area contributed by atoms with Crippen molar-refractivity contribution in [3.8, 4) is 11.5 Å². The van der Waals surface area contributed by atoms with Crippen LogP contribution in [0.2, 0.25) is 0 Å². The number of urea groups is 2. The third kappa shape index (κ3) is 7.37. The van der Waals surface area contributed by atoms with Gasteiger partial charge in [-0.25, -0.2) is 9.59 Å². The lowest BCUT2D eigenvalue weighted by molar-refractivity contribution is 0.230. The van der Waals surface area contributed by atoms with Gasteiger partial charge in [0.05, 0.1) is 14.2 Å². The van der Waals surface area contributed by atoms with Crippen LogP contribution in [0.3, 0.4) is 0 Å². The van der Waals surface area contributed by atoms with Crippen LogP contribution in [-0.4, -0.2) is 39.4 Å². The van der Waals surface area contributed by atoms with Gasteiger partial charge in [-0.1, -0.05) is 6.42 Å². The normalized spacial score (nSPS) is 17.7. The zero-order valence-corrected chi connectivity index (χ0v) is 18.6. The van der Waals surface area contributed by atoms with E-state index in [2.05, 4.69) is 21.3 Å². The molecule has 172 valence electrons. The first kappa shape index (κ1) is 23.2. The van der Waals surface area contributed by atoms with E-state index in [4.69, 9.17) is 9.47 Å². The molecule has 0 radical (unpaired) electrons. The van der Waals surface area contributed by atoms with Crippen LogP contribution < -0.4 is 30.7 Å². The summed E-state index contributed by atoms with van der Waals surface area (Å²) in [5.74, 6) is 2.30. The van der Waals surface area contributed by atoms with E-state index >= 15 is 0 Å². The highest BCUT2D eigenvalue weighted by atomic mass is 16.5. The predicted octanol–water partition coefficient (Wildman–Crippen LogP) is 4.45. The summed E-state index contributed by atoms with van der Waals surface area (Å²) in [5.41, 5.74) is 1.44. The SMILES string of the molecule is COc1ccc(NC(=O)NC[C@@H]2CCC[C@@H](CNC(=O)Nc3ccc(OC)cc3)C2)cc1. The Labute approximate surface area is 189 Å². The molecule has 0 spiro atoms. The molecule has 1 fully saturated rings. The molecule has 0 saturated heterocycles. The minimum Gasteiger partial charge on any atom is -0.497 e. The monoisotopic (exact) mass is 440 g/mol. The highest BCUT2D eigenvalue weighted by molar-refractivity contribution is 5.89. The molecule has 1 aliphatic rings. The van der Waals surface area contributed by atoms with Crippen molar-refractivity contribution in [2.75, 3.05) is 37.9 Å². The molecule has 0 heterocycles. The number of rotatable bonds is 8. The number of hydrogen-bond donors (Lipinski definition) is 4. The number of amides is 4. The molecule has 2 atom stereocenters. The Balaban J connectivity index is 1.35. The maximum Gasteiger partial charge on any atom is 0.319 e. The summed E-state index contributed by atoms with van der Waals surface area (Å²) in [5, 5.41) is 11.6. The number of ether oxygens (including phenoxy) is 2.